The van der Waals surface area contributed by atoms with Gasteiger partial charge in [0, 0.05) is 29.9 Å². The van der Waals surface area contributed by atoms with Crippen LogP contribution in [0.25, 0.3) is 11.3 Å². The molecule has 7 nitrogen and oxygen atoms in total. The van der Waals surface area contributed by atoms with Crippen LogP contribution in [-0.2, 0) is 6.42 Å². The van der Waals surface area contributed by atoms with Crippen molar-refractivity contribution in [2.24, 2.45) is 16.7 Å². The minimum Gasteiger partial charge on any atom is -0.455 e. The summed E-state index contributed by atoms with van der Waals surface area (Å²) in [6, 6.07) is 25.7. The van der Waals surface area contributed by atoms with Gasteiger partial charge in [-0.05, 0) is 49.2 Å². The van der Waals surface area contributed by atoms with Crippen LogP contribution in [0.3, 0.4) is 0 Å². The van der Waals surface area contributed by atoms with Crippen LogP contribution in [0, 0.1) is 6.92 Å². The second-order valence-electron chi connectivity index (χ2n) is 7.57. The Bertz CT molecular complexity index is 1260. The summed E-state index contributed by atoms with van der Waals surface area (Å²) in [5.41, 5.74) is 10.5. The van der Waals surface area contributed by atoms with E-state index >= 15 is 0 Å². The molecule has 0 saturated carbocycles. The smallest absolute Gasteiger partial charge is 0.148 e. The van der Waals surface area contributed by atoms with E-state index in [1.54, 1.807) is 6.20 Å². The van der Waals surface area contributed by atoms with Crippen LogP contribution in [0.4, 0.5) is 11.5 Å². The van der Waals surface area contributed by atoms with Crippen LogP contribution in [-0.4, -0.2) is 15.8 Å². The number of anilines is 2. The first-order valence-electron chi connectivity index (χ1n) is 10.7. The number of amidine groups is 1. The molecule has 4 aromatic rings. The van der Waals surface area contributed by atoms with Gasteiger partial charge in [-0.1, -0.05) is 42.5 Å². The molecule has 0 unspecified atom stereocenters. The van der Waals surface area contributed by atoms with Crippen molar-refractivity contribution in [3.63, 3.8) is 0 Å². The molecule has 2 aromatic heterocycles. The maximum atomic E-state index is 6.10. The van der Waals surface area contributed by atoms with Crippen LogP contribution in [0.2, 0.25) is 0 Å². The first-order valence-corrected chi connectivity index (χ1v) is 10.7. The summed E-state index contributed by atoms with van der Waals surface area (Å²) >= 11 is 0. The number of rotatable bonds is 8. The highest BCUT2D eigenvalue weighted by Gasteiger charge is 2.08. The van der Waals surface area contributed by atoms with E-state index in [1.807, 2.05) is 79.7 Å². The average molecular weight is 439 g/mol. The number of hydrazone groups is 1. The fourth-order valence-electron chi connectivity index (χ4n) is 3.39. The Labute approximate surface area is 193 Å². The van der Waals surface area contributed by atoms with Crippen molar-refractivity contribution in [3.8, 4) is 22.8 Å². The Hall–Kier alpha value is -4.39. The number of nitrogens with one attached hydrogen (secondary N) is 1. The van der Waals surface area contributed by atoms with Crippen LogP contribution in [0.1, 0.15) is 17.7 Å². The quantitative estimate of drug-likeness (QED) is 0.152. The van der Waals surface area contributed by atoms with Gasteiger partial charge in [0.2, 0.25) is 0 Å². The molecule has 0 radical (unpaired) electrons. The zero-order chi connectivity index (χ0) is 23.0. The number of aryl methyl sites for hydroxylation is 2. The molecular weight excluding hydrogens is 412 g/mol. The zero-order valence-electron chi connectivity index (χ0n) is 18.4. The average Bonchev–Trinajstić information content (AvgIpc) is 2.85. The summed E-state index contributed by atoms with van der Waals surface area (Å²) in [6.45, 7) is 1.94. The number of ether oxygens (including phenoxy) is 1. The van der Waals surface area contributed by atoms with E-state index in [9.17, 15) is 0 Å². The first-order chi connectivity index (χ1) is 16.1. The van der Waals surface area contributed by atoms with E-state index in [0.29, 0.717) is 29.6 Å². The van der Waals surface area contributed by atoms with E-state index in [0.717, 1.165) is 34.6 Å². The SMILES string of the molecule is Cc1nc(-c2ccccc2)ccc1Oc1ccnc(Nc2cccc(CC/C(N)=N/N)c2)c1. The molecule has 2 aromatic carbocycles. The number of hydrogen-bond acceptors (Lipinski definition) is 6. The Balaban J connectivity index is 1.45. The predicted octanol–water partition coefficient (Wildman–Crippen LogP) is 5.15. The minimum atomic E-state index is 0.432. The van der Waals surface area contributed by atoms with Gasteiger partial charge >= 0.3 is 0 Å². The molecule has 7 heteroatoms. The third-order valence-electron chi connectivity index (χ3n) is 5.10. The monoisotopic (exact) mass is 438 g/mol. The highest BCUT2D eigenvalue weighted by molar-refractivity contribution is 5.80. The number of pyridine rings is 2. The van der Waals surface area contributed by atoms with Crippen LogP contribution < -0.4 is 21.6 Å². The standard InChI is InChI=1S/C26H26N6O/c1-18-24(12-11-23(30-18)20-7-3-2-4-8-20)33-22-14-15-29-26(17-22)31-21-9-5-6-19(16-21)10-13-25(27)32-28/h2-9,11-12,14-17H,10,13,28H2,1H3,(H2,27,32)(H,29,31). The Kier molecular flexibility index (Phi) is 6.80. The maximum absolute atomic E-state index is 6.10. The van der Waals surface area contributed by atoms with Gasteiger partial charge in [0.05, 0.1) is 11.4 Å². The third kappa shape index (κ3) is 5.86. The van der Waals surface area contributed by atoms with Crippen molar-refractivity contribution in [2.45, 2.75) is 19.8 Å². The molecule has 2 heterocycles. The Morgan fingerprint density at radius 1 is 1.00 bits per heavy atom. The number of nitrogens with two attached hydrogens (primary N) is 2. The predicted molar refractivity (Wildman–Crippen MR) is 133 cm³/mol. The van der Waals surface area contributed by atoms with Crippen LogP contribution in [0.5, 0.6) is 11.5 Å². The maximum Gasteiger partial charge on any atom is 0.148 e. The van der Waals surface area contributed by atoms with Gasteiger partial charge < -0.3 is 21.6 Å². The molecule has 33 heavy (non-hydrogen) atoms. The van der Waals surface area contributed by atoms with Gasteiger partial charge in [0.1, 0.15) is 23.2 Å². The lowest BCUT2D eigenvalue weighted by Crippen LogP contribution is -2.14. The fraction of sp³-hybridized carbons (Fsp3) is 0.115. The fourth-order valence-corrected chi connectivity index (χ4v) is 3.39. The van der Waals surface area contributed by atoms with Gasteiger partial charge in [-0.2, -0.15) is 5.10 Å². The number of hydrogen-bond donors (Lipinski definition) is 3. The minimum absolute atomic E-state index is 0.432. The zero-order valence-corrected chi connectivity index (χ0v) is 18.4. The summed E-state index contributed by atoms with van der Waals surface area (Å²) in [7, 11) is 0. The molecule has 0 saturated heterocycles. The van der Waals surface area contributed by atoms with Crippen molar-refractivity contribution in [1.82, 2.24) is 9.97 Å². The highest BCUT2D eigenvalue weighted by Crippen LogP contribution is 2.28. The second-order valence-corrected chi connectivity index (χ2v) is 7.57. The summed E-state index contributed by atoms with van der Waals surface area (Å²) in [6.07, 6.45) is 3.07. The van der Waals surface area contributed by atoms with Crippen molar-refractivity contribution in [3.05, 3.63) is 96.3 Å². The molecule has 0 aliphatic rings. The molecule has 166 valence electrons. The van der Waals surface area contributed by atoms with E-state index in [2.05, 4.69) is 21.5 Å². The first kappa shape index (κ1) is 21.8. The van der Waals surface area contributed by atoms with Crippen LogP contribution >= 0.6 is 0 Å². The summed E-state index contributed by atoms with van der Waals surface area (Å²) in [5.74, 6) is 7.70. The lowest BCUT2D eigenvalue weighted by Gasteiger charge is -2.12. The highest BCUT2D eigenvalue weighted by atomic mass is 16.5. The van der Waals surface area contributed by atoms with Crippen molar-refractivity contribution < 1.29 is 4.74 Å². The van der Waals surface area contributed by atoms with E-state index in [-0.39, 0.29) is 0 Å². The lowest BCUT2D eigenvalue weighted by atomic mass is 10.1. The summed E-state index contributed by atoms with van der Waals surface area (Å²) in [4.78, 5) is 9.10. The molecule has 0 aliphatic heterocycles. The van der Waals surface area contributed by atoms with Crippen molar-refractivity contribution >= 4 is 17.3 Å². The van der Waals surface area contributed by atoms with E-state index in [4.69, 9.17) is 21.3 Å². The topological polar surface area (TPSA) is 111 Å². The molecule has 0 bridgehead atoms. The molecule has 0 amide bonds. The van der Waals surface area contributed by atoms with E-state index < -0.39 is 0 Å². The number of benzene rings is 2. The van der Waals surface area contributed by atoms with Crippen molar-refractivity contribution in [2.75, 3.05) is 5.32 Å². The molecule has 0 aliphatic carbocycles. The molecule has 5 N–H and O–H groups in total. The van der Waals surface area contributed by atoms with Gasteiger partial charge in [-0.3, -0.25) is 0 Å². The number of nitrogens with zero attached hydrogens (tertiary/aromatic N) is 3. The lowest BCUT2D eigenvalue weighted by molar-refractivity contribution is 0.475. The van der Waals surface area contributed by atoms with Gasteiger partial charge in [-0.15, -0.1) is 0 Å². The Morgan fingerprint density at radius 3 is 2.64 bits per heavy atom. The molecule has 0 atom stereocenters. The van der Waals surface area contributed by atoms with E-state index in [1.165, 1.54) is 0 Å². The molecule has 0 spiro atoms. The third-order valence-corrected chi connectivity index (χ3v) is 5.10. The summed E-state index contributed by atoms with van der Waals surface area (Å²) < 4.78 is 6.10. The molecule has 0 fully saturated rings. The van der Waals surface area contributed by atoms with Gasteiger partial charge in [0.25, 0.3) is 0 Å². The Morgan fingerprint density at radius 2 is 1.85 bits per heavy atom. The molecule has 4 rings (SSSR count). The number of aromatic nitrogens is 2. The van der Waals surface area contributed by atoms with Gasteiger partial charge in [0.15, 0.2) is 0 Å². The second kappa shape index (κ2) is 10.3. The van der Waals surface area contributed by atoms with Crippen LogP contribution in [0.15, 0.2) is 90.2 Å². The molecular formula is C26H26N6O. The normalized spacial score (nSPS) is 11.2. The summed E-state index contributed by atoms with van der Waals surface area (Å²) in [5, 5.41) is 6.84. The largest absolute Gasteiger partial charge is 0.455 e. The van der Waals surface area contributed by atoms with Gasteiger partial charge in [-0.25, -0.2) is 9.97 Å². The van der Waals surface area contributed by atoms with Crippen molar-refractivity contribution in [1.29, 1.82) is 0 Å².